The van der Waals surface area contributed by atoms with E-state index in [1.54, 1.807) is 18.2 Å². The summed E-state index contributed by atoms with van der Waals surface area (Å²) in [6.07, 6.45) is 0. The third kappa shape index (κ3) is 8.52. The minimum absolute atomic E-state index is 0. The van der Waals surface area contributed by atoms with Crippen LogP contribution in [0.15, 0.2) is 48.5 Å². The van der Waals surface area contributed by atoms with Gasteiger partial charge in [-0.1, -0.05) is 36.4 Å². The molecule has 140 valence electrons. The lowest BCUT2D eigenvalue weighted by atomic mass is 10.2. The van der Waals surface area contributed by atoms with Gasteiger partial charge in [0.15, 0.2) is 0 Å². The van der Waals surface area contributed by atoms with Crippen LogP contribution in [0.1, 0.15) is 11.1 Å². The van der Waals surface area contributed by atoms with Gasteiger partial charge in [0.25, 0.3) is 0 Å². The summed E-state index contributed by atoms with van der Waals surface area (Å²) in [5, 5.41) is 15.1. The predicted molar refractivity (Wildman–Crippen MR) is 103 cm³/mol. The molecule has 0 amide bonds. The molecular formula is C18H25Cl2FN2O2. The van der Waals surface area contributed by atoms with Crippen LogP contribution in [0.2, 0.25) is 0 Å². The zero-order valence-electron chi connectivity index (χ0n) is 13.9. The van der Waals surface area contributed by atoms with Crippen molar-refractivity contribution in [3.8, 4) is 5.75 Å². The molecule has 0 aliphatic carbocycles. The number of para-hydroxylation sites is 1. The maximum Gasteiger partial charge on any atom is 0.129 e. The highest BCUT2D eigenvalue weighted by Gasteiger charge is 2.05. The van der Waals surface area contributed by atoms with Crippen molar-refractivity contribution in [2.45, 2.75) is 13.2 Å². The van der Waals surface area contributed by atoms with E-state index in [4.69, 9.17) is 9.84 Å². The molecule has 2 aromatic carbocycles. The Morgan fingerprint density at radius 3 is 2.20 bits per heavy atom. The number of hydrogen-bond donors (Lipinski definition) is 3. The van der Waals surface area contributed by atoms with Gasteiger partial charge >= 0.3 is 0 Å². The monoisotopic (exact) mass is 390 g/mol. The van der Waals surface area contributed by atoms with Gasteiger partial charge in [0, 0.05) is 37.3 Å². The van der Waals surface area contributed by atoms with E-state index in [1.165, 1.54) is 6.07 Å². The van der Waals surface area contributed by atoms with E-state index in [-0.39, 0.29) is 43.8 Å². The quantitative estimate of drug-likeness (QED) is 0.546. The van der Waals surface area contributed by atoms with Crippen molar-refractivity contribution in [3.05, 3.63) is 65.5 Å². The Morgan fingerprint density at radius 2 is 1.48 bits per heavy atom. The third-order valence-electron chi connectivity index (χ3n) is 3.40. The number of ether oxygens (including phenoxy) is 1. The van der Waals surface area contributed by atoms with E-state index in [9.17, 15) is 4.39 Å². The van der Waals surface area contributed by atoms with E-state index in [0.717, 1.165) is 24.4 Å². The van der Waals surface area contributed by atoms with Crippen LogP contribution in [0.3, 0.4) is 0 Å². The minimum Gasteiger partial charge on any atom is -0.488 e. The van der Waals surface area contributed by atoms with Gasteiger partial charge in [-0.2, -0.15) is 0 Å². The Labute approximate surface area is 160 Å². The number of aliphatic hydroxyl groups excluding tert-OH is 1. The molecule has 0 aromatic heterocycles. The molecule has 0 fully saturated rings. The fraction of sp³-hybridized carbons (Fsp3) is 0.333. The Morgan fingerprint density at radius 1 is 0.840 bits per heavy atom. The molecule has 0 radical (unpaired) electrons. The van der Waals surface area contributed by atoms with Gasteiger partial charge in [-0.15, -0.1) is 24.8 Å². The van der Waals surface area contributed by atoms with Gasteiger partial charge in [0.2, 0.25) is 0 Å². The fourth-order valence-electron chi connectivity index (χ4n) is 2.17. The lowest BCUT2D eigenvalue weighted by molar-refractivity contribution is 0.292. The first-order valence-electron chi connectivity index (χ1n) is 7.77. The average Bonchev–Trinajstić information content (AvgIpc) is 2.58. The van der Waals surface area contributed by atoms with Crippen LogP contribution in [0.25, 0.3) is 0 Å². The molecule has 0 spiro atoms. The van der Waals surface area contributed by atoms with Gasteiger partial charge in [-0.3, -0.25) is 0 Å². The highest BCUT2D eigenvalue weighted by molar-refractivity contribution is 5.85. The maximum absolute atomic E-state index is 13.6. The number of benzene rings is 2. The van der Waals surface area contributed by atoms with Crippen LogP contribution >= 0.6 is 24.8 Å². The third-order valence-corrected chi connectivity index (χ3v) is 3.40. The predicted octanol–water partition coefficient (Wildman–Crippen LogP) is 2.92. The van der Waals surface area contributed by atoms with E-state index >= 15 is 0 Å². The summed E-state index contributed by atoms with van der Waals surface area (Å²) >= 11 is 0. The number of nitrogens with one attached hydrogen (secondary N) is 2. The molecule has 2 rings (SSSR count). The van der Waals surface area contributed by atoms with Crippen molar-refractivity contribution < 1.29 is 14.2 Å². The molecule has 0 bridgehead atoms. The van der Waals surface area contributed by atoms with Gasteiger partial charge in [0.1, 0.15) is 18.2 Å². The second kappa shape index (κ2) is 13.9. The van der Waals surface area contributed by atoms with Crippen LogP contribution in [-0.2, 0) is 13.2 Å². The molecule has 7 heteroatoms. The first-order valence-corrected chi connectivity index (χ1v) is 7.77. The molecule has 0 aliphatic rings. The van der Waals surface area contributed by atoms with Crippen LogP contribution in [-0.4, -0.2) is 31.3 Å². The van der Waals surface area contributed by atoms with Gasteiger partial charge in [0.05, 0.1) is 6.61 Å². The van der Waals surface area contributed by atoms with Gasteiger partial charge in [-0.05, 0) is 12.1 Å². The van der Waals surface area contributed by atoms with Gasteiger partial charge in [-0.25, -0.2) is 4.39 Å². The van der Waals surface area contributed by atoms with Crippen molar-refractivity contribution in [1.29, 1.82) is 0 Å². The topological polar surface area (TPSA) is 53.5 Å². The molecule has 0 heterocycles. The van der Waals surface area contributed by atoms with E-state index in [0.29, 0.717) is 18.7 Å². The molecule has 0 aliphatic heterocycles. The van der Waals surface area contributed by atoms with Crippen molar-refractivity contribution in [2.75, 3.05) is 26.2 Å². The number of rotatable bonds is 10. The second-order valence-electron chi connectivity index (χ2n) is 5.14. The van der Waals surface area contributed by atoms with Crippen molar-refractivity contribution in [3.63, 3.8) is 0 Å². The second-order valence-corrected chi connectivity index (χ2v) is 5.14. The van der Waals surface area contributed by atoms with Crippen molar-refractivity contribution >= 4 is 24.8 Å². The van der Waals surface area contributed by atoms with Crippen LogP contribution in [0.5, 0.6) is 5.75 Å². The number of aliphatic hydroxyl groups is 1. The molecule has 0 saturated heterocycles. The zero-order valence-corrected chi connectivity index (χ0v) is 15.5. The van der Waals surface area contributed by atoms with Crippen molar-refractivity contribution in [2.24, 2.45) is 0 Å². The summed E-state index contributed by atoms with van der Waals surface area (Å²) in [4.78, 5) is 0. The Bertz CT molecular complexity index is 603. The summed E-state index contributed by atoms with van der Waals surface area (Å²) in [5.74, 6) is 0.504. The molecule has 25 heavy (non-hydrogen) atoms. The SMILES string of the molecule is Cl.Cl.OCCNCCNCc1ccccc1OCc1ccccc1F. The molecule has 4 nitrogen and oxygen atoms in total. The minimum atomic E-state index is -0.252. The van der Waals surface area contributed by atoms with Crippen molar-refractivity contribution in [1.82, 2.24) is 10.6 Å². The summed E-state index contributed by atoms with van der Waals surface area (Å²) in [6, 6.07) is 14.4. The van der Waals surface area contributed by atoms with Crippen LogP contribution < -0.4 is 15.4 Å². The molecule has 0 atom stereocenters. The molecule has 0 unspecified atom stereocenters. The first-order chi connectivity index (χ1) is 11.3. The van der Waals surface area contributed by atoms with E-state index < -0.39 is 0 Å². The summed E-state index contributed by atoms with van der Waals surface area (Å²) in [6.45, 7) is 3.22. The highest BCUT2D eigenvalue weighted by Crippen LogP contribution is 2.19. The van der Waals surface area contributed by atoms with E-state index in [1.807, 2.05) is 24.3 Å². The molecule has 3 N–H and O–H groups in total. The number of halogens is 3. The normalized spacial score (nSPS) is 9.84. The number of hydrogen-bond acceptors (Lipinski definition) is 4. The largest absolute Gasteiger partial charge is 0.488 e. The molecule has 0 saturated carbocycles. The Balaban J connectivity index is 0.00000288. The molecule has 2 aromatic rings. The fourth-order valence-corrected chi connectivity index (χ4v) is 2.17. The summed E-state index contributed by atoms with van der Waals surface area (Å²) in [5.41, 5.74) is 1.58. The Kier molecular flexibility index (Phi) is 13.1. The standard InChI is InChI=1S/C18H23FN2O2.2ClH/c19-17-7-3-1-6-16(17)14-23-18-8-4-2-5-15(18)13-21-10-9-20-11-12-22;;/h1-8,20-22H,9-14H2;2*1H. The average molecular weight is 391 g/mol. The zero-order chi connectivity index (χ0) is 16.3. The lowest BCUT2D eigenvalue weighted by Crippen LogP contribution is -2.28. The highest BCUT2D eigenvalue weighted by atomic mass is 35.5. The maximum atomic E-state index is 13.6. The Hall–Kier alpha value is -1.37. The van der Waals surface area contributed by atoms with Gasteiger partial charge < -0.3 is 20.5 Å². The van der Waals surface area contributed by atoms with E-state index in [2.05, 4.69) is 10.6 Å². The summed E-state index contributed by atoms with van der Waals surface area (Å²) in [7, 11) is 0. The smallest absolute Gasteiger partial charge is 0.129 e. The first kappa shape index (κ1) is 23.6. The molecular weight excluding hydrogens is 366 g/mol. The van der Waals surface area contributed by atoms with Crippen LogP contribution in [0.4, 0.5) is 4.39 Å². The van der Waals surface area contributed by atoms with Crippen LogP contribution in [0, 0.1) is 5.82 Å². The lowest BCUT2D eigenvalue weighted by Gasteiger charge is -2.13. The summed E-state index contributed by atoms with van der Waals surface area (Å²) < 4.78 is 19.4.